The molecule has 0 spiro atoms. The maximum Gasteiger partial charge on any atom is 0.265 e. The topological polar surface area (TPSA) is 119 Å². The van der Waals surface area contributed by atoms with Crippen LogP contribution in [0, 0.1) is 5.82 Å². The molecule has 180 valence electrons. The predicted molar refractivity (Wildman–Crippen MR) is 130 cm³/mol. The number of aromatic amines is 1. The molecule has 1 atom stereocenters. The number of nitrogens with one attached hydrogen (secondary N) is 2. The van der Waals surface area contributed by atoms with Gasteiger partial charge in [0.2, 0.25) is 13.3 Å². The molecule has 2 heterocycles. The van der Waals surface area contributed by atoms with Crippen molar-refractivity contribution in [3.8, 4) is 17.2 Å². The van der Waals surface area contributed by atoms with Gasteiger partial charge in [0.15, 0.2) is 0 Å². The van der Waals surface area contributed by atoms with Crippen LogP contribution in [0.5, 0.6) is 0 Å². The lowest BCUT2D eigenvalue weighted by molar-refractivity contribution is 0.0949. The molecule has 2 aromatic carbocycles. The zero-order chi connectivity index (χ0) is 25.0. The second-order valence-corrected chi connectivity index (χ2v) is 10.1. The van der Waals surface area contributed by atoms with Crippen LogP contribution in [-0.4, -0.2) is 38.9 Å². The first-order chi connectivity index (χ1) is 16.8. The van der Waals surface area contributed by atoms with Gasteiger partial charge < -0.3 is 9.84 Å². The number of hydrogen-bond donors (Lipinski definition) is 2. The Balaban J connectivity index is 1.62. The third-order valence-corrected chi connectivity index (χ3v) is 7.19. The Morgan fingerprint density at radius 2 is 1.89 bits per heavy atom. The molecule has 35 heavy (non-hydrogen) atoms. The molecule has 0 bridgehead atoms. The Hall–Kier alpha value is -3.88. The fourth-order valence-electron chi connectivity index (χ4n) is 3.47. The van der Waals surface area contributed by atoms with Crippen molar-refractivity contribution in [2.75, 3.05) is 13.3 Å². The average molecular weight is 495 g/mol. The van der Waals surface area contributed by atoms with Gasteiger partial charge in [0.1, 0.15) is 11.4 Å². The zero-order valence-electron chi connectivity index (χ0n) is 19.1. The molecule has 4 aromatic rings. The van der Waals surface area contributed by atoms with Crippen LogP contribution in [-0.2, 0) is 15.6 Å². The van der Waals surface area contributed by atoms with E-state index in [2.05, 4.69) is 20.4 Å². The highest BCUT2D eigenvalue weighted by molar-refractivity contribution is 7.66. The summed E-state index contributed by atoms with van der Waals surface area (Å²) in [7, 11) is -2.90. The molecule has 1 amide bonds. The van der Waals surface area contributed by atoms with E-state index in [1.807, 2.05) is 0 Å². The van der Waals surface area contributed by atoms with Crippen LogP contribution in [0.2, 0.25) is 0 Å². The minimum atomic E-state index is -2.90. The molecule has 0 aliphatic heterocycles. The van der Waals surface area contributed by atoms with Crippen molar-refractivity contribution < 1.29 is 18.3 Å². The lowest BCUT2D eigenvalue weighted by Gasteiger charge is -2.14. The molecule has 1 unspecified atom stereocenters. The Labute approximate surface area is 200 Å². The highest BCUT2D eigenvalue weighted by Gasteiger charge is 2.22. The second kappa shape index (κ2) is 10.2. The molecule has 11 heteroatoms. The van der Waals surface area contributed by atoms with Crippen molar-refractivity contribution in [3.05, 3.63) is 94.3 Å². The summed E-state index contributed by atoms with van der Waals surface area (Å²) in [6.45, 7) is 3.78. The molecule has 0 saturated heterocycles. The number of H-pyrrole nitrogens is 1. The Kier molecular flexibility index (Phi) is 7.04. The molecule has 0 radical (unpaired) electrons. The SMILES string of the molecule is CCOP(C)(=O)c1ccc(CNC(=O)c2c(-c3ccc(F)cc3)nc(-n3cccn3)[nH]c2=O)cc1. The standard InChI is InChI=1S/C24H23FN5O4P/c1-3-34-35(2,33)19-11-5-16(6-12-19)15-26-22(31)20-21(17-7-9-18(25)10-8-17)28-24(29-23(20)32)30-14-4-13-27-30/h4-14H,3,15H2,1-2H3,(H,26,31)(H,28,29,32). The summed E-state index contributed by atoms with van der Waals surface area (Å²) in [4.78, 5) is 33.0. The number of amides is 1. The summed E-state index contributed by atoms with van der Waals surface area (Å²) >= 11 is 0. The van der Waals surface area contributed by atoms with E-state index in [-0.39, 0.29) is 23.8 Å². The number of hydrogen-bond acceptors (Lipinski definition) is 6. The first kappa shape index (κ1) is 24.3. The van der Waals surface area contributed by atoms with E-state index in [1.165, 1.54) is 35.1 Å². The molecule has 9 nitrogen and oxygen atoms in total. The van der Waals surface area contributed by atoms with Gasteiger partial charge in [0.25, 0.3) is 11.5 Å². The van der Waals surface area contributed by atoms with Crippen LogP contribution in [0.1, 0.15) is 22.8 Å². The van der Waals surface area contributed by atoms with E-state index in [9.17, 15) is 18.5 Å². The predicted octanol–water partition coefficient (Wildman–Crippen LogP) is 3.26. The molecule has 0 saturated carbocycles. The van der Waals surface area contributed by atoms with Gasteiger partial charge in [-0.15, -0.1) is 0 Å². The Morgan fingerprint density at radius 3 is 2.51 bits per heavy atom. The number of aromatic nitrogens is 4. The van der Waals surface area contributed by atoms with Gasteiger partial charge in [-0.05, 0) is 55.0 Å². The number of halogens is 1. The van der Waals surface area contributed by atoms with Crippen LogP contribution < -0.4 is 16.2 Å². The second-order valence-electron chi connectivity index (χ2n) is 7.68. The summed E-state index contributed by atoms with van der Waals surface area (Å²) in [5, 5.41) is 7.35. The highest BCUT2D eigenvalue weighted by Crippen LogP contribution is 2.40. The van der Waals surface area contributed by atoms with Crippen LogP contribution in [0.4, 0.5) is 4.39 Å². The van der Waals surface area contributed by atoms with E-state index >= 15 is 0 Å². The molecule has 2 N–H and O–H groups in total. The molecule has 0 fully saturated rings. The van der Waals surface area contributed by atoms with Gasteiger partial charge in [-0.1, -0.05) is 12.1 Å². The lowest BCUT2D eigenvalue weighted by Crippen LogP contribution is -2.31. The maximum atomic E-state index is 13.5. The third-order valence-electron chi connectivity index (χ3n) is 5.21. The maximum absolute atomic E-state index is 13.5. The fourth-order valence-corrected chi connectivity index (χ4v) is 4.80. The largest absolute Gasteiger partial charge is 0.348 e. The first-order valence-corrected chi connectivity index (χ1v) is 12.9. The van der Waals surface area contributed by atoms with Crippen molar-refractivity contribution >= 4 is 18.6 Å². The zero-order valence-corrected chi connectivity index (χ0v) is 20.0. The summed E-state index contributed by atoms with van der Waals surface area (Å²) in [5.74, 6) is -0.990. The van der Waals surface area contributed by atoms with Gasteiger partial charge in [0.05, 0.1) is 12.3 Å². The van der Waals surface area contributed by atoms with Gasteiger partial charge in [-0.3, -0.25) is 19.1 Å². The Morgan fingerprint density at radius 1 is 1.17 bits per heavy atom. The summed E-state index contributed by atoms with van der Waals surface area (Å²) in [6, 6.07) is 13.8. The summed E-state index contributed by atoms with van der Waals surface area (Å²) in [6.07, 6.45) is 3.12. The average Bonchev–Trinajstić information content (AvgIpc) is 3.38. The normalized spacial score (nSPS) is 12.8. The van der Waals surface area contributed by atoms with E-state index in [1.54, 1.807) is 50.1 Å². The van der Waals surface area contributed by atoms with Gasteiger partial charge in [-0.25, -0.2) is 14.1 Å². The van der Waals surface area contributed by atoms with Crippen molar-refractivity contribution in [2.45, 2.75) is 13.5 Å². The van der Waals surface area contributed by atoms with Crippen molar-refractivity contribution in [1.82, 2.24) is 25.1 Å². The number of rotatable bonds is 8. The fraction of sp³-hybridized carbons (Fsp3) is 0.167. The summed E-state index contributed by atoms with van der Waals surface area (Å²) in [5.41, 5.74) is 0.352. The monoisotopic (exact) mass is 495 g/mol. The smallest absolute Gasteiger partial charge is 0.265 e. The van der Waals surface area contributed by atoms with E-state index in [4.69, 9.17) is 4.52 Å². The molecule has 4 rings (SSSR count). The van der Waals surface area contributed by atoms with Crippen molar-refractivity contribution in [2.24, 2.45) is 0 Å². The first-order valence-electron chi connectivity index (χ1n) is 10.8. The lowest BCUT2D eigenvalue weighted by atomic mass is 10.1. The molecule has 2 aromatic heterocycles. The molecular weight excluding hydrogens is 472 g/mol. The van der Waals surface area contributed by atoms with Crippen LogP contribution in [0.25, 0.3) is 17.2 Å². The van der Waals surface area contributed by atoms with E-state index in [0.717, 1.165) is 5.56 Å². The van der Waals surface area contributed by atoms with E-state index in [0.29, 0.717) is 17.5 Å². The number of benzene rings is 2. The van der Waals surface area contributed by atoms with Gasteiger partial charge in [0, 0.05) is 36.5 Å². The van der Waals surface area contributed by atoms with Crippen LogP contribution in [0.15, 0.2) is 71.8 Å². The minimum absolute atomic E-state index is 0.0933. The summed E-state index contributed by atoms with van der Waals surface area (Å²) < 4.78 is 32.7. The third kappa shape index (κ3) is 5.45. The van der Waals surface area contributed by atoms with E-state index < -0.39 is 24.7 Å². The van der Waals surface area contributed by atoms with Gasteiger partial charge in [-0.2, -0.15) is 5.10 Å². The number of nitrogens with zero attached hydrogens (tertiary/aromatic N) is 3. The van der Waals surface area contributed by atoms with Crippen LogP contribution in [0.3, 0.4) is 0 Å². The quantitative estimate of drug-likeness (QED) is 0.362. The number of carbonyl (C=O) groups excluding carboxylic acids is 1. The molecule has 0 aliphatic rings. The molecule has 0 aliphatic carbocycles. The number of carbonyl (C=O) groups is 1. The van der Waals surface area contributed by atoms with Crippen molar-refractivity contribution in [1.29, 1.82) is 0 Å². The minimum Gasteiger partial charge on any atom is -0.348 e. The van der Waals surface area contributed by atoms with Crippen molar-refractivity contribution in [3.63, 3.8) is 0 Å². The van der Waals surface area contributed by atoms with Crippen LogP contribution >= 0.6 is 7.37 Å². The highest BCUT2D eigenvalue weighted by atomic mass is 31.2. The molecular formula is C24H23FN5O4P. The van der Waals surface area contributed by atoms with Gasteiger partial charge >= 0.3 is 0 Å². The Bertz CT molecular complexity index is 1430.